The topological polar surface area (TPSA) is 39.7 Å². The number of nitrogens with one attached hydrogen (secondary N) is 1. The minimum Gasteiger partial charge on any atom is -0.493 e. The van der Waals surface area contributed by atoms with Gasteiger partial charge in [0.2, 0.25) is 5.75 Å². The Bertz CT molecular complexity index is 454. The maximum Gasteiger partial charge on any atom is 0.203 e. The lowest BCUT2D eigenvalue weighted by Gasteiger charge is -2.22. The van der Waals surface area contributed by atoms with Gasteiger partial charge in [0.25, 0.3) is 0 Å². The highest BCUT2D eigenvalue weighted by Crippen LogP contribution is 2.39. The SMILES string of the molecule is COc1ccc(CNC2CCCCCCC2)c(OC)c1OC. The number of hydrogen-bond acceptors (Lipinski definition) is 4. The first-order chi connectivity index (χ1) is 10.8. The Morgan fingerprint density at radius 1 is 0.864 bits per heavy atom. The van der Waals surface area contributed by atoms with Crippen LogP contribution in [0, 0.1) is 0 Å². The summed E-state index contributed by atoms with van der Waals surface area (Å²) in [6, 6.07) is 4.60. The summed E-state index contributed by atoms with van der Waals surface area (Å²) in [5.41, 5.74) is 1.11. The summed E-state index contributed by atoms with van der Waals surface area (Å²) < 4.78 is 16.3. The van der Waals surface area contributed by atoms with Gasteiger partial charge in [-0.15, -0.1) is 0 Å². The van der Waals surface area contributed by atoms with Crippen LogP contribution in [0.25, 0.3) is 0 Å². The Balaban J connectivity index is 2.05. The van der Waals surface area contributed by atoms with Gasteiger partial charge in [-0.25, -0.2) is 0 Å². The van der Waals surface area contributed by atoms with Gasteiger partial charge in [-0.1, -0.05) is 38.2 Å². The van der Waals surface area contributed by atoms with Gasteiger partial charge >= 0.3 is 0 Å². The second kappa shape index (κ2) is 8.89. The van der Waals surface area contributed by atoms with E-state index in [1.165, 1.54) is 44.9 Å². The molecule has 1 fully saturated rings. The van der Waals surface area contributed by atoms with Crippen LogP contribution in [0.2, 0.25) is 0 Å². The molecular formula is C18H29NO3. The van der Waals surface area contributed by atoms with Crippen LogP contribution in [0.1, 0.15) is 50.5 Å². The molecule has 1 N–H and O–H groups in total. The Hall–Kier alpha value is -1.42. The standard InChI is InChI=1S/C18H29NO3/c1-20-16-12-11-14(17(21-2)18(16)22-3)13-19-15-9-7-5-4-6-8-10-15/h11-12,15,19H,4-10,13H2,1-3H3. The van der Waals surface area contributed by atoms with Crippen LogP contribution in [0.3, 0.4) is 0 Å². The zero-order valence-corrected chi connectivity index (χ0v) is 14.1. The van der Waals surface area contributed by atoms with E-state index in [0.29, 0.717) is 17.5 Å². The Labute approximate surface area is 134 Å². The second-order valence-electron chi connectivity index (χ2n) is 5.92. The summed E-state index contributed by atoms with van der Waals surface area (Å²) in [4.78, 5) is 0. The second-order valence-corrected chi connectivity index (χ2v) is 5.92. The first kappa shape index (κ1) is 16.9. The highest BCUT2D eigenvalue weighted by Gasteiger charge is 2.17. The van der Waals surface area contributed by atoms with Crippen molar-refractivity contribution in [1.29, 1.82) is 0 Å². The van der Waals surface area contributed by atoms with E-state index < -0.39 is 0 Å². The van der Waals surface area contributed by atoms with Gasteiger partial charge in [-0.2, -0.15) is 0 Å². The molecule has 2 rings (SSSR count). The molecule has 0 atom stereocenters. The number of methoxy groups -OCH3 is 3. The molecule has 4 nitrogen and oxygen atoms in total. The van der Waals surface area contributed by atoms with Crippen molar-refractivity contribution in [3.63, 3.8) is 0 Å². The molecule has 124 valence electrons. The molecule has 22 heavy (non-hydrogen) atoms. The fourth-order valence-corrected chi connectivity index (χ4v) is 3.22. The summed E-state index contributed by atoms with van der Waals surface area (Å²) in [6.07, 6.45) is 9.36. The number of hydrogen-bond donors (Lipinski definition) is 1. The Morgan fingerprint density at radius 3 is 2.09 bits per heavy atom. The van der Waals surface area contributed by atoms with E-state index in [4.69, 9.17) is 14.2 Å². The zero-order chi connectivity index (χ0) is 15.8. The largest absolute Gasteiger partial charge is 0.493 e. The van der Waals surface area contributed by atoms with Gasteiger partial charge in [0, 0.05) is 18.2 Å². The third-order valence-corrected chi connectivity index (χ3v) is 4.47. The summed E-state index contributed by atoms with van der Waals surface area (Å²) in [5.74, 6) is 2.14. The fourth-order valence-electron chi connectivity index (χ4n) is 3.22. The lowest BCUT2D eigenvalue weighted by atomic mass is 9.96. The third kappa shape index (κ3) is 4.29. The molecule has 0 aliphatic heterocycles. The highest BCUT2D eigenvalue weighted by atomic mass is 16.5. The number of ether oxygens (including phenoxy) is 3. The van der Waals surface area contributed by atoms with Crippen LogP contribution in [-0.4, -0.2) is 27.4 Å². The van der Waals surface area contributed by atoms with Gasteiger partial charge in [0.1, 0.15) is 0 Å². The van der Waals surface area contributed by atoms with Gasteiger partial charge in [-0.3, -0.25) is 0 Å². The van der Waals surface area contributed by atoms with Crippen molar-refractivity contribution in [3.8, 4) is 17.2 Å². The molecule has 1 aliphatic carbocycles. The average molecular weight is 307 g/mol. The summed E-state index contributed by atoms with van der Waals surface area (Å²) in [6.45, 7) is 0.800. The van der Waals surface area contributed by atoms with Crippen molar-refractivity contribution < 1.29 is 14.2 Å². The summed E-state index contributed by atoms with van der Waals surface area (Å²) >= 11 is 0. The lowest BCUT2D eigenvalue weighted by Crippen LogP contribution is -2.29. The van der Waals surface area contributed by atoms with Crippen LogP contribution in [0.5, 0.6) is 17.2 Å². The first-order valence-corrected chi connectivity index (χ1v) is 8.31. The zero-order valence-electron chi connectivity index (χ0n) is 14.1. The number of benzene rings is 1. The quantitative estimate of drug-likeness (QED) is 0.865. The maximum atomic E-state index is 5.55. The van der Waals surface area contributed by atoms with Crippen LogP contribution in [0.15, 0.2) is 12.1 Å². The minimum absolute atomic E-state index is 0.609. The maximum absolute atomic E-state index is 5.55. The monoisotopic (exact) mass is 307 g/mol. The summed E-state index contributed by atoms with van der Waals surface area (Å²) in [5, 5.41) is 3.69. The van der Waals surface area contributed by atoms with Crippen molar-refractivity contribution in [3.05, 3.63) is 17.7 Å². The van der Waals surface area contributed by atoms with Gasteiger partial charge in [-0.05, 0) is 18.9 Å². The molecule has 0 unspecified atom stereocenters. The average Bonchev–Trinajstić information content (AvgIpc) is 2.52. The normalized spacial score (nSPS) is 16.7. The summed E-state index contributed by atoms with van der Waals surface area (Å²) in [7, 11) is 4.96. The Kier molecular flexibility index (Phi) is 6.84. The predicted octanol–water partition coefficient (Wildman–Crippen LogP) is 3.91. The van der Waals surface area contributed by atoms with Crippen LogP contribution < -0.4 is 19.5 Å². The van der Waals surface area contributed by atoms with Gasteiger partial charge < -0.3 is 19.5 Å². The fraction of sp³-hybridized carbons (Fsp3) is 0.667. The molecular weight excluding hydrogens is 278 g/mol. The molecule has 1 aliphatic rings. The van der Waals surface area contributed by atoms with E-state index in [-0.39, 0.29) is 0 Å². The van der Waals surface area contributed by atoms with Crippen molar-refractivity contribution in [2.75, 3.05) is 21.3 Å². The van der Waals surface area contributed by atoms with Crippen LogP contribution in [-0.2, 0) is 6.54 Å². The molecule has 0 radical (unpaired) electrons. The van der Waals surface area contributed by atoms with Crippen molar-refractivity contribution >= 4 is 0 Å². The van der Waals surface area contributed by atoms with Crippen LogP contribution in [0.4, 0.5) is 0 Å². The predicted molar refractivity (Wildman–Crippen MR) is 89.0 cm³/mol. The molecule has 0 saturated heterocycles. The third-order valence-electron chi connectivity index (χ3n) is 4.47. The molecule has 0 amide bonds. The molecule has 1 aromatic rings. The molecule has 1 aromatic carbocycles. The lowest BCUT2D eigenvalue weighted by molar-refractivity contribution is 0.320. The molecule has 0 bridgehead atoms. The highest BCUT2D eigenvalue weighted by molar-refractivity contribution is 5.55. The van der Waals surface area contributed by atoms with Gasteiger partial charge in [0.05, 0.1) is 21.3 Å². The van der Waals surface area contributed by atoms with Crippen LogP contribution >= 0.6 is 0 Å². The molecule has 4 heteroatoms. The van der Waals surface area contributed by atoms with E-state index in [9.17, 15) is 0 Å². The minimum atomic E-state index is 0.609. The van der Waals surface area contributed by atoms with Crippen molar-refractivity contribution in [2.24, 2.45) is 0 Å². The van der Waals surface area contributed by atoms with E-state index in [0.717, 1.165) is 17.9 Å². The Morgan fingerprint density at radius 2 is 1.50 bits per heavy atom. The van der Waals surface area contributed by atoms with Crippen molar-refractivity contribution in [1.82, 2.24) is 5.32 Å². The smallest absolute Gasteiger partial charge is 0.203 e. The first-order valence-electron chi connectivity index (χ1n) is 8.31. The van der Waals surface area contributed by atoms with E-state index in [2.05, 4.69) is 11.4 Å². The van der Waals surface area contributed by atoms with E-state index in [1.54, 1.807) is 21.3 Å². The molecule has 1 saturated carbocycles. The molecule has 0 spiro atoms. The molecule has 0 heterocycles. The van der Waals surface area contributed by atoms with Crippen molar-refractivity contribution in [2.45, 2.75) is 57.5 Å². The number of rotatable bonds is 6. The van der Waals surface area contributed by atoms with E-state index >= 15 is 0 Å². The molecule has 0 aromatic heterocycles. The van der Waals surface area contributed by atoms with E-state index in [1.807, 2.05) is 6.07 Å². The van der Waals surface area contributed by atoms with Gasteiger partial charge in [0.15, 0.2) is 11.5 Å².